The lowest BCUT2D eigenvalue weighted by Crippen LogP contribution is -2.19. The highest BCUT2D eigenvalue weighted by Crippen LogP contribution is 2.27. The summed E-state index contributed by atoms with van der Waals surface area (Å²) in [5, 5.41) is 6.38. The Morgan fingerprint density at radius 3 is 2.83 bits per heavy atom. The highest BCUT2D eigenvalue weighted by Gasteiger charge is 2.15. The molecule has 0 spiro atoms. The summed E-state index contributed by atoms with van der Waals surface area (Å²) in [7, 11) is 1.90. The van der Waals surface area contributed by atoms with Crippen molar-refractivity contribution < 1.29 is 4.39 Å². The molecule has 0 saturated carbocycles. The smallest absolute Gasteiger partial charge is 0.124 e. The first-order chi connectivity index (χ1) is 8.60. The van der Waals surface area contributed by atoms with Gasteiger partial charge in [-0.2, -0.15) is 0 Å². The molecule has 0 amide bonds. The Morgan fingerprint density at radius 2 is 2.28 bits per heavy atom. The summed E-state index contributed by atoms with van der Waals surface area (Å²) in [6, 6.07) is 4.91. The monoisotopic (exact) mass is 328 g/mol. The zero-order chi connectivity index (χ0) is 13.1. The number of nitrogens with one attached hydrogen (secondary N) is 1. The number of rotatable bonds is 4. The Morgan fingerprint density at radius 1 is 1.50 bits per heavy atom. The van der Waals surface area contributed by atoms with Crippen LogP contribution >= 0.6 is 27.3 Å². The van der Waals surface area contributed by atoms with Crippen molar-refractivity contribution in [1.29, 1.82) is 0 Å². The fraction of sp³-hybridized carbons (Fsp3) is 0.308. The summed E-state index contributed by atoms with van der Waals surface area (Å²) in [6.45, 7) is 2.00. The van der Waals surface area contributed by atoms with E-state index in [4.69, 9.17) is 0 Å². The molecule has 96 valence electrons. The van der Waals surface area contributed by atoms with Gasteiger partial charge in [0.2, 0.25) is 0 Å². The van der Waals surface area contributed by atoms with Gasteiger partial charge in [-0.15, -0.1) is 11.3 Å². The van der Waals surface area contributed by atoms with Gasteiger partial charge in [-0.1, -0.05) is 22.0 Å². The van der Waals surface area contributed by atoms with Crippen LogP contribution in [0.25, 0.3) is 0 Å². The van der Waals surface area contributed by atoms with Gasteiger partial charge in [-0.25, -0.2) is 9.37 Å². The number of aryl methyl sites for hydroxylation is 1. The maximum atomic E-state index is 13.1. The zero-order valence-corrected chi connectivity index (χ0v) is 12.6. The number of halogens is 2. The predicted octanol–water partition coefficient (Wildman–Crippen LogP) is 3.86. The number of aromatic nitrogens is 1. The summed E-state index contributed by atoms with van der Waals surface area (Å²) >= 11 is 5.06. The molecule has 0 radical (unpaired) electrons. The van der Waals surface area contributed by atoms with Crippen LogP contribution in [0.15, 0.2) is 28.1 Å². The summed E-state index contributed by atoms with van der Waals surface area (Å²) in [5.74, 6) is -0.231. The summed E-state index contributed by atoms with van der Waals surface area (Å²) in [4.78, 5) is 4.46. The number of hydrogen-bond acceptors (Lipinski definition) is 3. The molecule has 1 N–H and O–H groups in total. The van der Waals surface area contributed by atoms with Gasteiger partial charge in [0, 0.05) is 22.3 Å². The molecule has 0 fully saturated rings. The van der Waals surface area contributed by atoms with Crippen molar-refractivity contribution in [2.75, 3.05) is 7.05 Å². The van der Waals surface area contributed by atoms with Crippen LogP contribution in [0.2, 0.25) is 0 Å². The predicted molar refractivity (Wildman–Crippen MR) is 76.5 cm³/mol. The SMILES string of the molecule is CNC(Cc1csc(C)n1)c1ccc(F)cc1Br. The van der Waals surface area contributed by atoms with Gasteiger partial charge >= 0.3 is 0 Å². The van der Waals surface area contributed by atoms with E-state index in [2.05, 4.69) is 31.6 Å². The first-order valence-electron chi connectivity index (χ1n) is 5.63. The molecule has 1 heterocycles. The van der Waals surface area contributed by atoms with Crippen LogP contribution in [-0.2, 0) is 6.42 Å². The molecule has 0 aliphatic heterocycles. The minimum absolute atomic E-state index is 0.126. The molecule has 1 atom stereocenters. The van der Waals surface area contributed by atoms with Gasteiger partial charge < -0.3 is 5.32 Å². The van der Waals surface area contributed by atoms with Crippen molar-refractivity contribution in [3.8, 4) is 0 Å². The molecule has 2 aromatic rings. The van der Waals surface area contributed by atoms with Crippen LogP contribution in [-0.4, -0.2) is 12.0 Å². The Bertz CT molecular complexity index is 542. The van der Waals surface area contributed by atoms with Crippen LogP contribution in [0.1, 0.15) is 22.3 Å². The average molecular weight is 329 g/mol. The van der Waals surface area contributed by atoms with Gasteiger partial charge in [0.15, 0.2) is 0 Å². The lowest BCUT2D eigenvalue weighted by atomic mass is 10.0. The first kappa shape index (κ1) is 13.6. The lowest BCUT2D eigenvalue weighted by molar-refractivity contribution is 0.577. The second-order valence-corrected chi connectivity index (χ2v) is 5.99. The lowest BCUT2D eigenvalue weighted by Gasteiger charge is -2.17. The average Bonchev–Trinajstić information content (AvgIpc) is 2.72. The normalized spacial score (nSPS) is 12.7. The number of hydrogen-bond donors (Lipinski definition) is 1. The number of thiazole rings is 1. The standard InChI is InChI=1S/C13H14BrFN2S/c1-8-17-10(7-18-8)6-13(16-2)11-4-3-9(15)5-12(11)14/h3-5,7,13,16H,6H2,1-2H3. The van der Waals surface area contributed by atoms with Crippen molar-refractivity contribution >= 4 is 27.3 Å². The minimum atomic E-state index is -0.231. The third kappa shape index (κ3) is 3.16. The van der Waals surface area contributed by atoms with Gasteiger partial charge in [0.05, 0.1) is 10.7 Å². The van der Waals surface area contributed by atoms with Gasteiger partial charge in [0.25, 0.3) is 0 Å². The Balaban J connectivity index is 2.22. The van der Waals surface area contributed by atoms with E-state index >= 15 is 0 Å². The molecular weight excluding hydrogens is 315 g/mol. The van der Waals surface area contributed by atoms with Crippen LogP contribution in [0.5, 0.6) is 0 Å². The van der Waals surface area contributed by atoms with Crippen LogP contribution in [0, 0.1) is 12.7 Å². The fourth-order valence-corrected chi connectivity index (χ4v) is 3.12. The maximum absolute atomic E-state index is 13.1. The Hall–Kier alpha value is -0.780. The molecule has 18 heavy (non-hydrogen) atoms. The van der Waals surface area contributed by atoms with E-state index in [0.717, 1.165) is 27.2 Å². The topological polar surface area (TPSA) is 24.9 Å². The molecule has 2 nitrogen and oxygen atoms in total. The third-order valence-electron chi connectivity index (χ3n) is 2.77. The van der Waals surface area contributed by atoms with E-state index in [-0.39, 0.29) is 11.9 Å². The van der Waals surface area contributed by atoms with Gasteiger partial charge in [0.1, 0.15) is 5.82 Å². The van der Waals surface area contributed by atoms with Crippen LogP contribution in [0.4, 0.5) is 4.39 Å². The van der Waals surface area contributed by atoms with E-state index in [0.29, 0.717) is 0 Å². The fourth-order valence-electron chi connectivity index (χ4n) is 1.86. The quantitative estimate of drug-likeness (QED) is 0.921. The second-order valence-electron chi connectivity index (χ2n) is 4.07. The molecule has 1 aromatic carbocycles. The van der Waals surface area contributed by atoms with E-state index in [1.807, 2.05) is 14.0 Å². The largest absolute Gasteiger partial charge is 0.313 e. The van der Waals surface area contributed by atoms with Crippen molar-refractivity contribution in [3.05, 3.63) is 50.1 Å². The molecule has 1 unspecified atom stereocenters. The molecule has 2 rings (SSSR count). The van der Waals surface area contributed by atoms with E-state index in [1.165, 1.54) is 12.1 Å². The Labute approximate surface area is 118 Å². The highest BCUT2D eigenvalue weighted by atomic mass is 79.9. The number of likely N-dealkylation sites (N-methyl/N-ethyl adjacent to an activating group) is 1. The van der Waals surface area contributed by atoms with Gasteiger partial charge in [-0.3, -0.25) is 0 Å². The van der Waals surface area contributed by atoms with Crippen molar-refractivity contribution in [3.63, 3.8) is 0 Å². The summed E-state index contributed by atoms with van der Waals surface area (Å²) in [5.41, 5.74) is 2.11. The van der Waals surface area contributed by atoms with Crippen molar-refractivity contribution in [1.82, 2.24) is 10.3 Å². The van der Waals surface area contributed by atoms with Crippen LogP contribution in [0.3, 0.4) is 0 Å². The molecule has 0 aliphatic rings. The minimum Gasteiger partial charge on any atom is -0.313 e. The van der Waals surface area contributed by atoms with E-state index < -0.39 is 0 Å². The number of nitrogens with zero attached hydrogens (tertiary/aromatic N) is 1. The van der Waals surface area contributed by atoms with Crippen LogP contribution < -0.4 is 5.32 Å². The van der Waals surface area contributed by atoms with E-state index in [1.54, 1.807) is 17.4 Å². The van der Waals surface area contributed by atoms with Gasteiger partial charge in [-0.05, 0) is 31.7 Å². The van der Waals surface area contributed by atoms with Crippen molar-refractivity contribution in [2.45, 2.75) is 19.4 Å². The first-order valence-corrected chi connectivity index (χ1v) is 7.30. The molecular formula is C13H14BrFN2S. The van der Waals surface area contributed by atoms with E-state index in [9.17, 15) is 4.39 Å². The molecule has 1 aromatic heterocycles. The molecule has 0 saturated heterocycles. The van der Waals surface area contributed by atoms with Crippen molar-refractivity contribution in [2.24, 2.45) is 0 Å². The maximum Gasteiger partial charge on any atom is 0.124 e. The Kier molecular flexibility index (Phi) is 4.48. The summed E-state index contributed by atoms with van der Waals surface area (Å²) in [6.07, 6.45) is 0.797. The molecule has 0 aliphatic carbocycles. The number of benzene rings is 1. The summed E-state index contributed by atoms with van der Waals surface area (Å²) < 4.78 is 13.9. The zero-order valence-electron chi connectivity index (χ0n) is 10.2. The second kappa shape index (κ2) is 5.91. The molecule has 5 heteroatoms. The molecule has 0 bridgehead atoms. The third-order valence-corrected chi connectivity index (χ3v) is 4.28. The highest BCUT2D eigenvalue weighted by molar-refractivity contribution is 9.10.